The fourth-order valence-corrected chi connectivity index (χ4v) is 9.31. The molecule has 0 bridgehead atoms. The first-order valence-electron chi connectivity index (χ1n) is 20.8. The number of ether oxygens (including phenoxy) is 4. The lowest BCUT2D eigenvalue weighted by Crippen LogP contribution is -2.52. The van der Waals surface area contributed by atoms with E-state index in [1.807, 2.05) is 0 Å². The van der Waals surface area contributed by atoms with Gasteiger partial charge in [0.2, 0.25) is 0 Å². The zero-order valence-corrected chi connectivity index (χ0v) is 39.4. The van der Waals surface area contributed by atoms with E-state index in [4.69, 9.17) is 30.4 Å². The summed E-state index contributed by atoms with van der Waals surface area (Å²) in [6.45, 7) is -3.51. The van der Waals surface area contributed by atoms with Gasteiger partial charge in [0, 0.05) is 51.6 Å². The first kappa shape index (κ1) is 55.6. The van der Waals surface area contributed by atoms with E-state index in [0.29, 0.717) is 31.1 Å². The number of benzene rings is 4. The van der Waals surface area contributed by atoms with Crippen LogP contribution in [-0.4, -0.2) is 156 Å². The highest BCUT2D eigenvalue weighted by molar-refractivity contribution is 7.87. The van der Waals surface area contributed by atoms with Gasteiger partial charge in [0.25, 0.3) is 20.4 Å². The molecule has 70 heavy (non-hydrogen) atoms. The molecule has 0 heterocycles. The van der Waals surface area contributed by atoms with Crippen molar-refractivity contribution in [2.45, 2.75) is 38.0 Å². The second kappa shape index (κ2) is 25.5. The number of carboxylic acid groups (broad SMARTS) is 4. The van der Waals surface area contributed by atoms with E-state index in [-0.39, 0.29) is 48.9 Å². The van der Waals surface area contributed by atoms with E-state index in [1.165, 1.54) is 97.1 Å². The van der Waals surface area contributed by atoms with Crippen molar-refractivity contribution in [3.63, 3.8) is 0 Å². The molecule has 0 radical (unpaired) electrons. The Hall–Kier alpha value is -7.04. The zero-order valence-electron chi connectivity index (χ0n) is 37.7. The molecule has 0 amide bonds. The maximum absolute atomic E-state index is 13.8. The summed E-state index contributed by atoms with van der Waals surface area (Å²) in [5.74, 6) is -7.79. The Kier molecular flexibility index (Phi) is 20.3. The number of aliphatic carboxylic acids is 4. The van der Waals surface area contributed by atoms with Gasteiger partial charge in [-0.3, -0.25) is 19.2 Å². The molecular weight excluding hydrogens is 965 g/mol. The first-order chi connectivity index (χ1) is 33.0. The summed E-state index contributed by atoms with van der Waals surface area (Å²) in [4.78, 5) is 72.7. The lowest BCUT2D eigenvalue weighted by atomic mass is 10.2. The number of nitrogens with two attached hydrogens (primary N) is 2. The van der Waals surface area contributed by atoms with Crippen LogP contribution in [0.5, 0.6) is 11.5 Å². The largest absolute Gasteiger partial charge is 0.481 e. The van der Waals surface area contributed by atoms with Gasteiger partial charge in [-0.1, -0.05) is 24.3 Å². The van der Waals surface area contributed by atoms with Crippen LogP contribution in [0.3, 0.4) is 0 Å². The van der Waals surface area contributed by atoms with Gasteiger partial charge in [-0.15, -0.1) is 0 Å². The molecule has 8 N–H and O–H groups in total. The number of carbonyl (C=O) groups excluding carboxylic acids is 2. The number of rotatable bonds is 29. The van der Waals surface area contributed by atoms with E-state index in [9.17, 15) is 66.0 Å². The molecule has 0 saturated carbocycles. The van der Waals surface area contributed by atoms with Crippen LogP contribution < -0.4 is 20.9 Å². The maximum atomic E-state index is 13.8. The number of nitrogens with zero attached hydrogens (tertiary/aromatic N) is 4. The number of anilines is 2. The third-order valence-corrected chi connectivity index (χ3v) is 13.9. The van der Waals surface area contributed by atoms with Crippen molar-refractivity contribution >= 4 is 67.6 Å². The highest BCUT2D eigenvalue weighted by Gasteiger charge is 2.40. The third-order valence-electron chi connectivity index (χ3n) is 10.0. The number of nitrogen functional groups attached to an aromatic ring is 2. The van der Waals surface area contributed by atoms with Crippen LogP contribution in [0.25, 0.3) is 0 Å². The molecule has 26 heteroatoms. The van der Waals surface area contributed by atoms with Crippen LogP contribution >= 0.6 is 0 Å². The summed E-state index contributed by atoms with van der Waals surface area (Å²) in [6.07, 6.45) is -2.22. The fraction of sp³-hybridized carbons (Fsp3) is 0.318. The molecule has 2 unspecified atom stereocenters. The molecule has 4 aromatic carbocycles. The second-order valence-electron chi connectivity index (χ2n) is 15.2. The smallest absolute Gasteiger partial charge is 0.343 e. The molecule has 0 fully saturated rings. The topological polar surface area (TPSA) is 354 Å². The molecule has 378 valence electrons. The monoisotopic (exact) mass is 1020 g/mol. The number of hydrogen-bond donors (Lipinski definition) is 6. The fourth-order valence-electron chi connectivity index (χ4n) is 6.38. The predicted octanol–water partition coefficient (Wildman–Crippen LogP) is 1.84. The van der Waals surface area contributed by atoms with Crippen molar-refractivity contribution in [1.82, 2.24) is 17.2 Å². The van der Waals surface area contributed by atoms with E-state index in [0.717, 1.165) is 22.7 Å². The average Bonchev–Trinajstić information content (AvgIpc) is 3.29. The average molecular weight is 1020 g/mol. The van der Waals surface area contributed by atoms with E-state index >= 15 is 0 Å². The molecule has 0 aliphatic carbocycles. The Morgan fingerprint density at radius 1 is 0.500 bits per heavy atom. The minimum absolute atomic E-state index is 0.137. The van der Waals surface area contributed by atoms with Crippen molar-refractivity contribution < 1.29 is 85.0 Å². The standard InChI is InChI=1S/C44H52N6O18S2/c1-47(27-29-3-15-35(16-4-29)67-43(59)31-7-11-33(45)12-8-31)69(61,62)49(37(41(55)56)25-39(51)52)19-21-65-23-24-66-22-20-50(38(42(57)58)26-40(53)54)70(63,64)48(2)28-30-5-17-36(18-6-30)68-44(60)32-9-13-34(46)14-10-32/h3-18,37-38H,19-28,45-46H2,1-2H3,(H,51,52)(H,53,54)(H,55,56)(H,57,58). The molecule has 24 nitrogen and oxygen atoms in total. The van der Waals surface area contributed by atoms with Gasteiger partial charge in [0.15, 0.2) is 0 Å². The Morgan fingerprint density at radius 2 is 0.814 bits per heavy atom. The maximum Gasteiger partial charge on any atom is 0.343 e. The minimum atomic E-state index is -4.71. The summed E-state index contributed by atoms with van der Waals surface area (Å²) in [5.41, 5.74) is 13.4. The number of carboxylic acids is 4. The summed E-state index contributed by atoms with van der Waals surface area (Å²) in [5, 5.41) is 38.7. The van der Waals surface area contributed by atoms with Crippen LogP contribution in [0.4, 0.5) is 11.4 Å². The van der Waals surface area contributed by atoms with E-state index in [2.05, 4.69) is 0 Å². The molecule has 0 aliphatic heterocycles. The number of esters is 2. The van der Waals surface area contributed by atoms with Gasteiger partial charge < -0.3 is 50.8 Å². The lowest BCUT2D eigenvalue weighted by Gasteiger charge is -2.31. The van der Waals surface area contributed by atoms with Gasteiger partial charge in [-0.05, 0) is 83.9 Å². The van der Waals surface area contributed by atoms with Crippen molar-refractivity contribution in [2.75, 3.05) is 65.1 Å². The Morgan fingerprint density at radius 3 is 1.10 bits per heavy atom. The van der Waals surface area contributed by atoms with Gasteiger partial charge in [0.1, 0.15) is 23.6 Å². The van der Waals surface area contributed by atoms with Gasteiger partial charge >= 0.3 is 35.8 Å². The number of carbonyl (C=O) groups is 6. The molecule has 0 spiro atoms. The lowest BCUT2D eigenvalue weighted by molar-refractivity contribution is -0.148. The van der Waals surface area contributed by atoms with Crippen molar-refractivity contribution in [3.8, 4) is 11.5 Å². The molecule has 4 aromatic rings. The third kappa shape index (κ3) is 16.3. The zero-order chi connectivity index (χ0) is 51.8. The molecular formula is C44H52N6O18S2. The molecule has 0 saturated heterocycles. The van der Waals surface area contributed by atoms with Crippen molar-refractivity contribution in [2.24, 2.45) is 0 Å². The van der Waals surface area contributed by atoms with Gasteiger partial charge in [0.05, 0.1) is 50.4 Å². The molecule has 0 aromatic heterocycles. The summed E-state index contributed by atoms with van der Waals surface area (Å²) in [6, 6.07) is 19.4. The van der Waals surface area contributed by atoms with Crippen LogP contribution in [-0.2, 0) is 62.2 Å². The molecule has 0 aliphatic rings. The Labute approximate surface area is 402 Å². The summed E-state index contributed by atoms with van der Waals surface area (Å²) < 4.78 is 79.3. The minimum Gasteiger partial charge on any atom is -0.481 e. The molecule has 4 rings (SSSR count). The van der Waals surface area contributed by atoms with Crippen molar-refractivity contribution in [3.05, 3.63) is 119 Å². The van der Waals surface area contributed by atoms with Gasteiger partial charge in [-0.25, -0.2) is 9.59 Å². The quantitative estimate of drug-likeness (QED) is 0.0196. The van der Waals surface area contributed by atoms with Crippen LogP contribution in [0.15, 0.2) is 97.1 Å². The van der Waals surface area contributed by atoms with E-state index < -0.39 is 107 Å². The van der Waals surface area contributed by atoms with Crippen LogP contribution in [0.1, 0.15) is 44.7 Å². The van der Waals surface area contributed by atoms with Crippen LogP contribution in [0, 0.1) is 0 Å². The van der Waals surface area contributed by atoms with Crippen molar-refractivity contribution in [1.29, 1.82) is 0 Å². The number of hydrogen-bond acceptors (Lipinski definition) is 16. The van der Waals surface area contributed by atoms with Crippen LogP contribution in [0.2, 0.25) is 0 Å². The van der Waals surface area contributed by atoms with Gasteiger partial charge in [-0.2, -0.15) is 34.1 Å². The Bertz CT molecular complexity index is 2490. The molecule has 2 atom stereocenters. The summed E-state index contributed by atoms with van der Waals surface area (Å²) in [7, 11) is -7.15. The highest BCUT2D eigenvalue weighted by Crippen LogP contribution is 2.22. The first-order valence-corrected chi connectivity index (χ1v) is 23.6. The van der Waals surface area contributed by atoms with E-state index in [1.54, 1.807) is 0 Å². The summed E-state index contributed by atoms with van der Waals surface area (Å²) >= 11 is 0. The Balaban J connectivity index is 1.35. The highest BCUT2D eigenvalue weighted by atomic mass is 32.2. The predicted molar refractivity (Wildman–Crippen MR) is 248 cm³/mol. The second-order valence-corrected chi connectivity index (χ2v) is 19.2. The SMILES string of the molecule is CN(Cc1ccc(OC(=O)c2ccc(N)cc2)cc1)S(=O)(=O)N(CCOCCOCCN(C(CC(=O)O)C(=O)O)S(=O)(=O)N(C)Cc1ccc(OC(=O)c2ccc(N)cc2)cc1)C(CC(=O)O)C(=O)O. The normalized spacial score (nSPS) is 12.7.